The number of hydrogen-bond acceptors (Lipinski definition) is 1. The summed E-state index contributed by atoms with van der Waals surface area (Å²) >= 11 is 5.67. The number of rotatable bonds is 2. The van der Waals surface area contributed by atoms with E-state index in [4.69, 9.17) is 11.6 Å². The molecule has 1 nitrogen and oxygen atoms in total. The molecule has 1 atom stereocenters. The maximum Gasteiger partial charge on any atom is 0.161 e. The molecule has 1 N–H and O–H groups in total. The van der Waals surface area contributed by atoms with Crippen LogP contribution in [-0.2, 0) is 0 Å². The van der Waals surface area contributed by atoms with E-state index in [1.165, 1.54) is 24.3 Å². The van der Waals surface area contributed by atoms with Crippen molar-refractivity contribution in [1.29, 1.82) is 0 Å². The Morgan fingerprint density at radius 3 is 2.06 bits per heavy atom. The third-order valence-corrected chi connectivity index (χ3v) is 2.77. The van der Waals surface area contributed by atoms with Gasteiger partial charge in [0.05, 0.1) is 0 Å². The lowest BCUT2D eigenvalue weighted by atomic mass is 10.0. The zero-order valence-corrected chi connectivity index (χ0v) is 9.76. The van der Waals surface area contributed by atoms with Crippen molar-refractivity contribution in [3.05, 3.63) is 70.0 Å². The smallest absolute Gasteiger partial charge is 0.161 e. The van der Waals surface area contributed by atoms with E-state index in [1.54, 1.807) is 0 Å². The third kappa shape index (κ3) is 2.49. The van der Waals surface area contributed by atoms with E-state index in [1.807, 2.05) is 0 Å². The van der Waals surface area contributed by atoms with Gasteiger partial charge in [-0.05, 0) is 23.8 Å². The molecule has 2 aromatic rings. The summed E-state index contributed by atoms with van der Waals surface area (Å²) < 4.78 is 39.2. The molecular formula is C13H8ClF3O. The zero-order chi connectivity index (χ0) is 13.3. The Kier molecular flexibility index (Phi) is 3.59. The number of hydrogen-bond donors (Lipinski definition) is 1. The normalized spacial score (nSPS) is 12.5. The van der Waals surface area contributed by atoms with Gasteiger partial charge in [0.25, 0.3) is 0 Å². The summed E-state index contributed by atoms with van der Waals surface area (Å²) in [5.41, 5.74) is 0.0144. The van der Waals surface area contributed by atoms with Crippen LogP contribution in [0.4, 0.5) is 13.2 Å². The van der Waals surface area contributed by atoms with Crippen molar-refractivity contribution in [2.45, 2.75) is 6.10 Å². The standard InChI is InChI=1S/C13H8ClF3O/c14-8-3-1-7(2-4-8)13(18)9-5-11(16)12(17)6-10(9)15/h1-6,13,18H. The lowest BCUT2D eigenvalue weighted by Crippen LogP contribution is -2.04. The summed E-state index contributed by atoms with van der Waals surface area (Å²) in [6.07, 6.45) is -1.38. The minimum atomic E-state index is -1.38. The third-order valence-electron chi connectivity index (χ3n) is 2.52. The van der Waals surface area contributed by atoms with Crippen LogP contribution >= 0.6 is 11.6 Å². The largest absolute Gasteiger partial charge is 0.384 e. The molecule has 5 heteroatoms. The van der Waals surface area contributed by atoms with E-state index in [9.17, 15) is 18.3 Å². The van der Waals surface area contributed by atoms with Crippen molar-refractivity contribution in [1.82, 2.24) is 0 Å². The summed E-state index contributed by atoms with van der Waals surface area (Å²) in [7, 11) is 0. The van der Waals surface area contributed by atoms with Gasteiger partial charge in [-0.3, -0.25) is 0 Å². The maximum absolute atomic E-state index is 13.5. The van der Waals surface area contributed by atoms with Gasteiger partial charge >= 0.3 is 0 Å². The van der Waals surface area contributed by atoms with Crippen LogP contribution in [0.2, 0.25) is 5.02 Å². The van der Waals surface area contributed by atoms with E-state index < -0.39 is 23.6 Å². The molecule has 0 bridgehead atoms. The lowest BCUT2D eigenvalue weighted by Gasteiger charge is -2.12. The van der Waals surface area contributed by atoms with Crippen molar-refractivity contribution in [3.63, 3.8) is 0 Å². The molecule has 0 fully saturated rings. The van der Waals surface area contributed by atoms with Gasteiger partial charge in [-0.2, -0.15) is 0 Å². The second-order valence-electron chi connectivity index (χ2n) is 3.74. The van der Waals surface area contributed by atoms with Crippen molar-refractivity contribution in [3.8, 4) is 0 Å². The SMILES string of the molecule is OC(c1ccc(Cl)cc1)c1cc(F)c(F)cc1F. The summed E-state index contributed by atoms with van der Waals surface area (Å²) in [6.45, 7) is 0. The highest BCUT2D eigenvalue weighted by Gasteiger charge is 2.18. The molecule has 18 heavy (non-hydrogen) atoms. The van der Waals surface area contributed by atoms with Crippen molar-refractivity contribution < 1.29 is 18.3 Å². The van der Waals surface area contributed by atoms with E-state index in [0.29, 0.717) is 22.7 Å². The molecule has 0 aliphatic heterocycles. The van der Waals surface area contributed by atoms with Crippen LogP contribution in [-0.4, -0.2) is 5.11 Å². The Morgan fingerprint density at radius 1 is 0.889 bits per heavy atom. The predicted octanol–water partition coefficient (Wildman–Crippen LogP) is 3.84. The molecule has 0 radical (unpaired) electrons. The molecule has 0 spiro atoms. The monoisotopic (exact) mass is 272 g/mol. The fraction of sp³-hybridized carbons (Fsp3) is 0.0769. The van der Waals surface area contributed by atoms with Crippen molar-refractivity contribution in [2.24, 2.45) is 0 Å². The maximum atomic E-state index is 13.5. The second kappa shape index (κ2) is 5.00. The minimum Gasteiger partial charge on any atom is -0.384 e. The van der Waals surface area contributed by atoms with Crippen molar-refractivity contribution >= 4 is 11.6 Å². The molecule has 0 saturated carbocycles. The molecule has 0 aliphatic rings. The molecule has 2 aromatic carbocycles. The summed E-state index contributed by atoms with van der Waals surface area (Å²) in [4.78, 5) is 0. The highest BCUT2D eigenvalue weighted by atomic mass is 35.5. The first-order valence-corrected chi connectivity index (χ1v) is 5.45. The van der Waals surface area contributed by atoms with Gasteiger partial charge in [-0.15, -0.1) is 0 Å². The molecule has 1 unspecified atom stereocenters. The van der Waals surface area contributed by atoms with Gasteiger partial charge in [0.2, 0.25) is 0 Å². The fourth-order valence-corrected chi connectivity index (χ4v) is 1.70. The highest BCUT2D eigenvalue weighted by Crippen LogP contribution is 2.26. The number of aliphatic hydroxyl groups excluding tert-OH is 1. The summed E-state index contributed by atoms with van der Waals surface area (Å²) in [5, 5.41) is 10.4. The van der Waals surface area contributed by atoms with Crippen LogP contribution in [0.25, 0.3) is 0 Å². The van der Waals surface area contributed by atoms with Gasteiger partial charge < -0.3 is 5.11 Å². The van der Waals surface area contributed by atoms with E-state index in [2.05, 4.69) is 0 Å². The van der Waals surface area contributed by atoms with Crippen LogP contribution in [0.1, 0.15) is 17.2 Å². The van der Waals surface area contributed by atoms with Crippen LogP contribution in [0.5, 0.6) is 0 Å². The Balaban J connectivity index is 2.42. The summed E-state index contributed by atoms with van der Waals surface area (Å²) in [5.74, 6) is -3.50. The van der Waals surface area contributed by atoms with Gasteiger partial charge in [0, 0.05) is 16.7 Å². The van der Waals surface area contributed by atoms with E-state index in [0.717, 1.165) is 0 Å². The van der Waals surface area contributed by atoms with E-state index >= 15 is 0 Å². The Labute approximate surface area is 106 Å². The topological polar surface area (TPSA) is 20.2 Å². The molecule has 0 aliphatic carbocycles. The van der Waals surface area contributed by atoms with Crippen LogP contribution in [0.15, 0.2) is 36.4 Å². The number of aliphatic hydroxyl groups is 1. The van der Waals surface area contributed by atoms with E-state index in [-0.39, 0.29) is 5.56 Å². The van der Waals surface area contributed by atoms with Crippen molar-refractivity contribution in [2.75, 3.05) is 0 Å². The quantitative estimate of drug-likeness (QED) is 0.824. The first-order chi connectivity index (χ1) is 8.49. The molecular weight excluding hydrogens is 265 g/mol. The van der Waals surface area contributed by atoms with Gasteiger partial charge in [-0.25, -0.2) is 13.2 Å². The molecule has 2 rings (SSSR count). The zero-order valence-electron chi connectivity index (χ0n) is 9.00. The average molecular weight is 273 g/mol. The molecule has 0 amide bonds. The highest BCUT2D eigenvalue weighted by molar-refractivity contribution is 6.30. The Hall–Kier alpha value is -1.52. The Morgan fingerprint density at radius 2 is 1.44 bits per heavy atom. The predicted molar refractivity (Wildman–Crippen MR) is 61.8 cm³/mol. The number of halogens is 4. The minimum absolute atomic E-state index is 0.323. The molecule has 94 valence electrons. The van der Waals surface area contributed by atoms with Crippen LogP contribution in [0.3, 0.4) is 0 Å². The molecule has 0 saturated heterocycles. The van der Waals surface area contributed by atoms with Gasteiger partial charge in [-0.1, -0.05) is 23.7 Å². The Bertz CT molecular complexity index is 569. The molecule has 0 aromatic heterocycles. The van der Waals surface area contributed by atoms with Gasteiger partial charge in [0.15, 0.2) is 11.6 Å². The van der Waals surface area contributed by atoms with Crippen LogP contribution in [0, 0.1) is 17.5 Å². The first kappa shape index (κ1) is 12.9. The fourth-order valence-electron chi connectivity index (χ4n) is 1.57. The lowest BCUT2D eigenvalue weighted by molar-refractivity contribution is 0.214. The molecule has 0 heterocycles. The number of benzene rings is 2. The van der Waals surface area contributed by atoms with Crippen LogP contribution < -0.4 is 0 Å². The van der Waals surface area contributed by atoms with Gasteiger partial charge in [0.1, 0.15) is 11.9 Å². The summed E-state index contributed by atoms with van der Waals surface area (Å²) in [6, 6.07) is 7.03. The average Bonchev–Trinajstić information content (AvgIpc) is 2.34. The first-order valence-electron chi connectivity index (χ1n) is 5.07. The second-order valence-corrected chi connectivity index (χ2v) is 4.18.